The number of β-amino-alcohol motifs (C(OH)–C–C–N with tert-alkyl or cyclic N) is 1. The molecule has 0 saturated carbocycles. The molecule has 0 amide bonds. The molecule has 9 nitrogen and oxygen atoms in total. The van der Waals surface area contributed by atoms with Crippen LogP contribution in [0, 0.1) is 6.92 Å². The number of nitrogens with zero attached hydrogens (tertiary/aromatic N) is 6. The standard InChI is InChI=1S/C25H26N8O/c1-17-3-2-4-21(28-17)24-26-12-9-22(31-24)30-23-10-13-27-25(32-23)29-19-7-5-18(6-8-19)15-33-14-11-20(34)16-33/h2-10,12-13,20,34H,11,14-16H2,1H3,(H2,26,27,29,30,31,32)/t20-/m0/s1. The molecule has 0 bridgehead atoms. The minimum Gasteiger partial charge on any atom is -0.392 e. The number of benzene rings is 1. The van der Waals surface area contributed by atoms with Gasteiger partial charge in [0.15, 0.2) is 5.82 Å². The quantitative estimate of drug-likeness (QED) is 0.385. The number of aliphatic hydroxyl groups excluding tert-OH is 1. The molecule has 0 spiro atoms. The fraction of sp³-hybridized carbons (Fsp3) is 0.240. The molecule has 3 N–H and O–H groups in total. The average molecular weight is 455 g/mol. The SMILES string of the molecule is Cc1cccc(-c2nccc(Nc3ccnc(Nc4ccc(CN5CC[C@H](O)C5)cc4)n3)n2)n1. The van der Waals surface area contributed by atoms with Gasteiger partial charge in [0.1, 0.15) is 17.3 Å². The van der Waals surface area contributed by atoms with E-state index in [9.17, 15) is 5.11 Å². The Labute approximate surface area is 198 Å². The number of likely N-dealkylation sites (tertiary alicyclic amines) is 1. The Morgan fingerprint density at radius 3 is 2.47 bits per heavy atom. The van der Waals surface area contributed by atoms with E-state index in [-0.39, 0.29) is 6.10 Å². The van der Waals surface area contributed by atoms with Crippen molar-refractivity contribution in [3.63, 3.8) is 0 Å². The summed E-state index contributed by atoms with van der Waals surface area (Å²) in [6.45, 7) is 4.45. The molecule has 1 aromatic carbocycles. The fourth-order valence-electron chi connectivity index (χ4n) is 3.88. The zero-order valence-corrected chi connectivity index (χ0v) is 18.9. The van der Waals surface area contributed by atoms with Gasteiger partial charge in [0.2, 0.25) is 5.95 Å². The Morgan fingerprint density at radius 2 is 1.71 bits per heavy atom. The van der Waals surface area contributed by atoms with Crippen molar-refractivity contribution in [2.45, 2.75) is 26.0 Å². The number of rotatable bonds is 7. The number of anilines is 4. The molecule has 0 unspecified atom stereocenters. The maximum Gasteiger partial charge on any atom is 0.229 e. The van der Waals surface area contributed by atoms with E-state index >= 15 is 0 Å². The van der Waals surface area contributed by atoms with E-state index < -0.39 is 0 Å². The van der Waals surface area contributed by atoms with Crippen LogP contribution in [0.5, 0.6) is 0 Å². The highest BCUT2D eigenvalue weighted by molar-refractivity contribution is 5.59. The molecule has 0 radical (unpaired) electrons. The van der Waals surface area contributed by atoms with Crippen molar-refractivity contribution in [1.82, 2.24) is 29.8 Å². The number of hydrogen-bond donors (Lipinski definition) is 3. The molecular weight excluding hydrogens is 428 g/mol. The van der Waals surface area contributed by atoms with Crippen molar-refractivity contribution in [3.05, 3.63) is 78.2 Å². The van der Waals surface area contributed by atoms with Crippen LogP contribution in [0.1, 0.15) is 17.7 Å². The number of aromatic nitrogens is 5. The normalized spacial score (nSPS) is 15.9. The summed E-state index contributed by atoms with van der Waals surface area (Å²) >= 11 is 0. The molecule has 4 heterocycles. The van der Waals surface area contributed by atoms with Crippen LogP contribution in [0.4, 0.5) is 23.3 Å². The summed E-state index contributed by atoms with van der Waals surface area (Å²) in [5.74, 6) is 2.26. The molecule has 1 aliphatic rings. The Bertz CT molecular complexity index is 1260. The summed E-state index contributed by atoms with van der Waals surface area (Å²) in [5.41, 5.74) is 3.74. The third-order valence-electron chi connectivity index (χ3n) is 5.55. The smallest absolute Gasteiger partial charge is 0.229 e. The van der Waals surface area contributed by atoms with Crippen molar-refractivity contribution in [3.8, 4) is 11.5 Å². The number of hydrogen-bond acceptors (Lipinski definition) is 9. The predicted molar refractivity (Wildman–Crippen MR) is 131 cm³/mol. The van der Waals surface area contributed by atoms with Gasteiger partial charge in [-0.25, -0.2) is 19.9 Å². The summed E-state index contributed by atoms with van der Waals surface area (Å²) in [5, 5.41) is 16.2. The largest absolute Gasteiger partial charge is 0.392 e. The molecule has 0 aliphatic carbocycles. The van der Waals surface area contributed by atoms with E-state index in [1.807, 2.05) is 37.3 Å². The summed E-state index contributed by atoms with van der Waals surface area (Å²) in [4.78, 5) is 24.5. The van der Waals surface area contributed by atoms with Crippen LogP contribution < -0.4 is 10.6 Å². The molecule has 1 aliphatic heterocycles. The number of aliphatic hydroxyl groups is 1. The highest BCUT2D eigenvalue weighted by Crippen LogP contribution is 2.20. The van der Waals surface area contributed by atoms with E-state index in [2.05, 4.69) is 52.6 Å². The second-order valence-electron chi connectivity index (χ2n) is 8.32. The Balaban J connectivity index is 1.24. The molecule has 1 saturated heterocycles. The number of nitrogens with one attached hydrogen (secondary N) is 2. The summed E-state index contributed by atoms with van der Waals surface area (Å²) < 4.78 is 0. The van der Waals surface area contributed by atoms with Gasteiger partial charge in [0, 0.05) is 43.4 Å². The monoisotopic (exact) mass is 454 g/mol. The van der Waals surface area contributed by atoms with Gasteiger partial charge >= 0.3 is 0 Å². The topological polar surface area (TPSA) is 112 Å². The molecule has 1 atom stereocenters. The van der Waals surface area contributed by atoms with E-state index in [1.54, 1.807) is 24.5 Å². The first kappa shape index (κ1) is 21.9. The van der Waals surface area contributed by atoms with Crippen LogP contribution in [0.3, 0.4) is 0 Å². The Kier molecular flexibility index (Phi) is 6.37. The van der Waals surface area contributed by atoms with Gasteiger partial charge in [0.05, 0.1) is 6.10 Å². The van der Waals surface area contributed by atoms with E-state index in [0.717, 1.165) is 43.1 Å². The maximum absolute atomic E-state index is 9.70. The summed E-state index contributed by atoms with van der Waals surface area (Å²) in [6.07, 6.45) is 4.03. The lowest BCUT2D eigenvalue weighted by Crippen LogP contribution is -2.21. The predicted octanol–water partition coefficient (Wildman–Crippen LogP) is 3.69. The first-order chi connectivity index (χ1) is 16.6. The molecular formula is C25H26N8O. The van der Waals surface area contributed by atoms with Gasteiger partial charge in [0.25, 0.3) is 0 Å². The minimum atomic E-state index is -0.202. The lowest BCUT2D eigenvalue weighted by molar-refractivity contribution is 0.175. The second-order valence-corrected chi connectivity index (χ2v) is 8.32. The Hall–Kier alpha value is -3.95. The van der Waals surface area contributed by atoms with Crippen molar-refractivity contribution in [2.24, 2.45) is 0 Å². The van der Waals surface area contributed by atoms with E-state index in [0.29, 0.717) is 23.4 Å². The maximum atomic E-state index is 9.70. The van der Waals surface area contributed by atoms with E-state index in [4.69, 9.17) is 0 Å². The van der Waals surface area contributed by atoms with Gasteiger partial charge in [-0.2, -0.15) is 4.98 Å². The second kappa shape index (κ2) is 9.90. The van der Waals surface area contributed by atoms with Crippen molar-refractivity contribution in [2.75, 3.05) is 23.7 Å². The summed E-state index contributed by atoms with van der Waals surface area (Å²) in [6, 6.07) is 17.5. The lowest BCUT2D eigenvalue weighted by Gasteiger charge is -2.15. The first-order valence-corrected chi connectivity index (χ1v) is 11.2. The van der Waals surface area contributed by atoms with Crippen LogP contribution in [-0.2, 0) is 6.54 Å². The zero-order chi connectivity index (χ0) is 23.3. The number of aryl methyl sites for hydroxylation is 1. The molecule has 9 heteroatoms. The molecule has 3 aromatic heterocycles. The number of pyridine rings is 1. The zero-order valence-electron chi connectivity index (χ0n) is 18.9. The molecule has 1 fully saturated rings. The van der Waals surface area contributed by atoms with Gasteiger partial charge in [-0.3, -0.25) is 4.90 Å². The Morgan fingerprint density at radius 1 is 0.912 bits per heavy atom. The van der Waals surface area contributed by atoms with Crippen LogP contribution in [0.2, 0.25) is 0 Å². The van der Waals surface area contributed by atoms with Crippen molar-refractivity contribution in [1.29, 1.82) is 0 Å². The van der Waals surface area contributed by atoms with E-state index in [1.165, 1.54) is 5.56 Å². The molecule has 4 aromatic rings. The highest BCUT2D eigenvalue weighted by atomic mass is 16.3. The molecule has 5 rings (SSSR count). The average Bonchev–Trinajstić information content (AvgIpc) is 3.25. The van der Waals surface area contributed by atoms with Gasteiger partial charge in [-0.15, -0.1) is 0 Å². The van der Waals surface area contributed by atoms with Crippen LogP contribution in [-0.4, -0.2) is 54.1 Å². The van der Waals surface area contributed by atoms with Crippen LogP contribution in [0.25, 0.3) is 11.5 Å². The van der Waals surface area contributed by atoms with Crippen molar-refractivity contribution < 1.29 is 5.11 Å². The van der Waals surface area contributed by atoms with Crippen LogP contribution >= 0.6 is 0 Å². The van der Waals surface area contributed by atoms with Gasteiger partial charge in [-0.05, 0) is 55.3 Å². The summed E-state index contributed by atoms with van der Waals surface area (Å²) in [7, 11) is 0. The van der Waals surface area contributed by atoms with Crippen LogP contribution in [0.15, 0.2) is 67.0 Å². The fourth-order valence-corrected chi connectivity index (χ4v) is 3.88. The lowest BCUT2D eigenvalue weighted by atomic mass is 10.2. The third kappa shape index (κ3) is 5.51. The molecule has 172 valence electrons. The minimum absolute atomic E-state index is 0.202. The molecule has 34 heavy (non-hydrogen) atoms. The van der Waals surface area contributed by atoms with Gasteiger partial charge < -0.3 is 15.7 Å². The van der Waals surface area contributed by atoms with Gasteiger partial charge in [-0.1, -0.05) is 18.2 Å². The first-order valence-electron chi connectivity index (χ1n) is 11.2. The highest BCUT2D eigenvalue weighted by Gasteiger charge is 2.19. The van der Waals surface area contributed by atoms with Crippen molar-refractivity contribution >= 4 is 23.3 Å². The third-order valence-corrected chi connectivity index (χ3v) is 5.55.